The van der Waals surface area contributed by atoms with E-state index in [1.165, 1.54) is 0 Å². The van der Waals surface area contributed by atoms with E-state index in [2.05, 4.69) is 25.9 Å². The zero-order valence-corrected chi connectivity index (χ0v) is 13.2. The maximum Gasteiger partial charge on any atom is 0.315 e. The minimum Gasteiger partial charge on any atom is -0.368 e. The number of fused-ring (bicyclic) bond motifs is 1. The van der Waals surface area contributed by atoms with Gasteiger partial charge in [-0.3, -0.25) is 4.98 Å². The lowest BCUT2D eigenvalue weighted by molar-refractivity contribution is 0.241. The molecule has 3 aromatic rings. The van der Waals surface area contributed by atoms with Crippen molar-refractivity contribution in [2.45, 2.75) is 6.54 Å². The van der Waals surface area contributed by atoms with Crippen LogP contribution in [-0.2, 0) is 6.54 Å². The lowest BCUT2D eigenvalue weighted by Crippen LogP contribution is -2.37. The van der Waals surface area contributed by atoms with Crippen LogP contribution in [0.4, 0.5) is 10.6 Å². The summed E-state index contributed by atoms with van der Waals surface area (Å²) >= 11 is 0. The van der Waals surface area contributed by atoms with E-state index in [1.807, 2.05) is 48.5 Å². The third-order valence-electron chi connectivity index (χ3n) is 3.49. The van der Waals surface area contributed by atoms with E-state index in [0.717, 1.165) is 22.3 Å². The summed E-state index contributed by atoms with van der Waals surface area (Å²) in [6, 6.07) is 15.5. The number of aromatic nitrogens is 2. The second-order valence-electron chi connectivity index (χ2n) is 5.29. The van der Waals surface area contributed by atoms with Crippen molar-refractivity contribution in [2.75, 3.05) is 18.4 Å². The Morgan fingerprint density at radius 1 is 0.958 bits per heavy atom. The molecule has 6 heteroatoms. The summed E-state index contributed by atoms with van der Waals surface area (Å²) in [5.74, 6) is 0.797. The summed E-state index contributed by atoms with van der Waals surface area (Å²) in [5, 5.41) is 9.90. The summed E-state index contributed by atoms with van der Waals surface area (Å²) in [6.45, 7) is 1.57. The summed E-state index contributed by atoms with van der Waals surface area (Å²) in [4.78, 5) is 20.2. The summed E-state index contributed by atoms with van der Waals surface area (Å²) in [7, 11) is 0. The standard InChI is InChI=1S/C18H19N5O/c24-18(22-13-14-4-3-9-19-12-14)21-11-10-20-17-8-7-15-5-1-2-6-16(15)23-17/h1-9,12H,10-11,13H2,(H,20,23)(H2,21,22,24). The van der Waals surface area contributed by atoms with Crippen molar-refractivity contribution < 1.29 is 4.79 Å². The van der Waals surface area contributed by atoms with E-state index in [0.29, 0.717) is 19.6 Å². The number of urea groups is 1. The van der Waals surface area contributed by atoms with Crippen molar-refractivity contribution in [1.82, 2.24) is 20.6 Å². The van der Waals surface area contributed by atoms with Crippen molar-refractivity contribution in [3.05, 3.63) is 66.5 Å². The number of anilines is 1. The molecular weight excluding hydrogens is 302 g/mol. The smallest absolute Gasteiger partial charge is 0.315 e. The topological polar surface area (TPSA) is 78.9 Å². The fraction of sp³-hybridized carbons (Fsp3) is 0.167. The fourth-order valence-electron chi connectivity index (χ4n) is 2.28. The third-order valence-corrected chi connectivity index (χ3v) is 3.49. The Balaban J connectivity index is 1.39. The van der Waals surface area contributed by atoms with Gasteiger partial charge in [-0.25, -0.2) is 9.78 Å². The second-order valence-corrected chi connectivity index (χ2v) is 5.29. The normalized spacial score (nSPS) is 10.3. The van der Waals surface area contributed by atoms with E-state index in [-0.39, 0.29) is 6.03 Å². The molecule has 3 N–H and O–H groups in total. The van der Waals surface area contributed by atoms with Gasteiger partial charge in [0.1, 0.15) is 5.82 Å². The van der Waals surface area contributed by atoms with Gasteiger partial charge in [-0.15, -0.1) is 0 Å². The predicted octanol–water partition coefficient (Wildman–Crippen LogP) is 2.54. The van der Waals surface area contributed by atoms with Crippen LogP contribution in [0.1, 0.15) is 5.56 Å². The Bertz CT molecular complexity index is 807. The maximum atomic E-state index is 11.7. The molecule has 0 aliphatic heterocycles. The van der Waals surface area contributed by atoms with Gasteiger partial charge in [0, 0.05) is 37.4 Å². The monoisotopic (exact) mass is 321 g/mol. The first-order valence-corrected chi connectivity index (χ1v) is 7.81. The number of amides is 2. The number of benzene rings is 1. The van der Waals surface area contributed by atoms with Gasteiger partial charge in [-0.1, -0.05) is 24.3 Å². The fourth-order valence-corrected chi connectivity index (χ4v) is 2.28. The van der Waals surface area contributed by atoms with Crippen LogP contribution in [0.2, 0.25) is 0 Å². The number of nitrogens with zero attached hydrogens (tertiary/aromatic N) is 2. The molecule has 1 aromatic carbocycles. The van der Waals surface area contributed by atoms with Crippen LogP contribution in [0.15, 0.2) is 60.9 Å². The van der Waals surface area contributed by atoms with Crippen LogP contribution >= 0.6 is 0 Å². The van der Waals surface area contributed by atoms with Crippen LogP contribution in [0.25, 0.3) is 10.9 Å². The number of nitrogens with one attached hydrogen (secondary N) is 3. The van der Waals surface area contributed by atoms with Gasteiger partial charge >= 0.3 is 6.03 Å². The Hall–Kier alpha value is -3.15. The largest absolute Gasteiger partial charge is 0.368 e. The molecule has 0 atom stereocenters. The Kier molecular flexibility index (Phi) is 5.19. The van der Waals surface area contributed by atoms with Crippen molar-refractivity contribution >= 4 is 22.8 Å². The van der Waals surface area contributed by atoms with Gasteiger partial charge in [0.25, 0.3) is 0 Å². The molecule has 2 amide bonds. The Labute approximate surface area is 140 Å². The molecule has 24 heavy (non-hydrogen) atoms. The van der Waals surface area contributed by atoms with Crippen LogP contribution in [0.3, 0.4) is 0 Å². The van der Waals surface area contributed by atoms with Crippen molar-refractivity contribution in [3.8, 4) is 0 Å². The van der Waals surface area contributed by atoms with Gasteiger partial charge in [-0.05, 0) is 29.8 Å². The number of para-hydroxylation sites is 1. The second kappa shape index (κ2) is 7.92. The summed E-state index contributed by atoms with van der Waals surface area (Å²) < 4.78 is 0. The lowest BCUT2D eigenvalue weighted by atomic mass is 10.2. The molecule has 0 saturated carbocycles. The van der Waals surface area contributed by atoms with Crippen molar-refractivity contribution in [3.63, 3.8) is 0 Å². The van der Waals surface area contributed by atoms with E-state index in [4.69, 9.17) is 0 Å². The highest BCUT2D eigenvalue weighted by Crippen LogP contribution is 2.13. The maximum absolute atomic E-state index is 11.7. The number of hydrogen-bond acceptors (Lipinski definition) is 4. The van der Waals surface area contributed by atoms with E-state index < -0.39 is 0 Å². The SMILES string of the molecule is O=C(NCCNc1ccc2ccccc2n1)NCc1cccnc1. The highest BCUT2D eigenvalue weighted by atomic mass is 16.2. The molecule has 3 rings (SSSR count). The highest BCUT2D eigenvalue weighted by Gasteiger charge is 2.00. The molecular formula is C18H19N5O. The molecule has 6 nitrogen and oxygen atoms in total. The first-order valence-electron chi connectivity index (χ1n) is 7.81. The summed E-state index contributed by atoms with van der Waals surface area (Å²) in [5.41, 5.74) is 1.91. The van der Waals surface area contributed by atoms with E-state index in [1.54, 1.807) is 12.4 Å². The number of pyridine rings is 2. The minimum atomic E-state index is -0.202. The Morgan fingerprint density at radius 3 is 2.75 bits per heavy atom. The quantitative estimate of drug-likeness (QED) is 0.610. The average molecular weight is 321 g/mol. The third kappa shape index (κ3) is 4.42. The number of hydrogen-bond donors (Lipinski definition) is 3. The molecule has 0 spiro atoms. The molecule has 0 fully saturated rings. The predicted molar refractivity (Wildman–Crippen MR) is 94.7 cm³/mol. The lowest BCUT2D eigenvalue weighted by Gasteiger charge is -2.09. The molecule has 2 aromatic heterocycles. The molecule has 0 aliphatic rings. The van der Waals surface area contributed by atoms with Gasteiger partial charge in [0.05, 0.1) is 5.52 Å². The molecule has 0 radical (unpaired) electrons. The highest BCUT2D eigenvalue weighted by molar-refractivity contribution is 5.80. The molecule has 2 heterocycles. The number of carbonyl (C=O) groups is 1. The number of carbonyl (C=O) groups excluding carboxylic acids is 1. The molecule has 122 valence electrons. The Morgan fingerprint density at radius 2 is 1.88 bits per heavy atom. The first kappa shape index (κ1) is 15.7. The van der Waals surface area contributed by atoms with Gasteiger partial charge in [0.2, 0.25) is 0 Å². The van der Waals surface area contributed by atoms with E-state index in [9.17, 15) is 4.79 Å². The van der Waals surface area contributed by atoms with Gasteiger partial charge in [0.15, 0.2) is 0 Å². The number of rotatable bonds is 6. The van der Waals surface area contributed by atoms with Gasteiger partial charge in [-0.2, -0.15) is 0 Å². The van der Waals surface area contributed by atoms with Crippen LogP contribution in [0.5, 0.6) is 0 Å². The minimum absolute atomic E-state index is 0.202. The van der Waals surface area contributed by atoms with Crippen LogP contribution in [0, 0.1) is 0 Å². The van der Waals surface area contributed by atoms with Crippen molar-refractivity contribution in [1.29, 1.82) is 0 Å². The van der Waals surface area contributed by atoms with Crippen LogP contribution in [-0.4, -0.2) is 29.1 Å². The summed E-state index contributed by atoms with van der Waals surface area (Å²) in [6.07, 6.45) is 3.43. The average Bonchev–Trinajstić information content (AvgIpc) is 2.64. The molecule has 0 aliphatic carbocycles. The van der Waals surface area contributed by atoms with Gasteiger partial charge < -0.3 is 16.0 Å². The molecule has 0 unspecified atom stereocenters. The molecule has 0 saturated heterocycles. The molecule has 0 bridgehead atoms. The van der Waals surface area contributed by atoms with E-state index >= 15 is 0 Å². The van der Waals surface area contributed by atoms with Crippen LogP contribution < -0.4 is 16.0 Å². The zero-order valence-electron chi connectivity index (χ0n) is 13.2. The van der Waals surface area contributed by atoms with Crippen molar-refractivity contribution in [2.24, 2.45) is 0 Å². The zero-order chi connectivity index (χ0) is 16.6. The first-order chi connectivity index (χ1) is 11.8.